The molecule has 2 amide bonds. The lowest BCUT2D eigenvalue weighted by molar-refractivity contribution is -0.124. The van der Waals surface area contributed by atoms with Gasteiger partial charge in [-0.25, -0.2) is 4.79 Å². The summed E-state index contributed by atoms with van der Waals surface area (Å²) < 4.78 is 5.05. The van der Waals surface area contributed by atoms with Gasteiger partial charge < -0.3 is 15.0 Å². The smallest absolute Gasteiger partial charge is 0.409 e. The molecule has 0 aromatic carbocycles. The first kappa shape index (κ1) is 18.7. The van der Waals surface area contributed by atoms with Crippen molar-refractivity contribution in [2.24, 2.45) is 5.92 Å². The van der Waals surface area contributed by atoms with Crippen LogP contribution in [0.5, 0.6) is 0 Å². The van der Waals surface area contributed by atoms with E-state index >= 15 is 0 Å². The maximum absolute atomic E-state index is 12.7. The summed E-state index contributed by atoms with van der Waals surface area (Å²) in [4.78, 5) is 30.1. The summed E-state index contributed by atoms with van der Waals surface area (Å²) >= 11 is 1.86. The second-order valence-electron chi connectivity index (χ2n) is 7.83. The Balaban J connectivity index is 1.28. The first-order valence-corrected chi connectivity index (χ1v) is 11.0. The molecule has 1 atom stereocenters. The van der Waals surface area contributed by atoms with Crippen molar-refractivity contribution in [1.29, 1.82) is 0 Å². The minimum absolute atomic E-state index is 0.119. The van der Waals surface area contributed by atoms with Gasteiger partial charge in [-0.3, -0.25) is 9.69 Å². The number of nitrogens with zero attached hydrogens (tertiary/aromatic N) is 2. The van der Waals surface area contributed by atoms with Crippen LogP contribution in [0.4, 0.5) is 4.79 Å². The molecule has 0 bridgehead atoms. The first-order chi connectivity index (χ1) is 13.2. The fourth-order valence-electron chi connectivity index (χ4n) is 4.42. The highest BCUT2D eigenvalue weighted by Crippen LogP contribution is 2.48. The van der Waals surface area contributed by atoms with E-state index in [1.165, 1.54) is 23.3 Å². The zero-order valence-corrected chi connectivity index (χ0v) is 16.8. The largest absolute Gasteiger partial charge is 0.450 e. The van der Waals surface area contributed by atoms with E-state index < -0.39 is 0 Å². The van der Waals surface area contributed by atoms with Gasteiger partial charge in [-0.1, -0.05) is 0 Å². The molecule has 1 N–H and O–H groups in total. The molecule has 1 aromatic heterocycles. The lowest BCUT2D eigenvalue weighted by Crippen LogP contribution is -2.50. The van der Waals surface area contributed by atoms with Crippen LogP contribution in [0.25, 0.3) is 0 Å². The molecule has 0 radical (unpaired) electrons. The number of piperidine rings is 1. The number of hydrogen-bond donors (Lipinski definition) is 1. The summed E-state index contributed by atoms with van der Waals surface area (Å²) in [5, 5.41) is 5.39. The molecule has 1 saturated heterocycles. The monoisotopic (exact) mass is 391 g/mol. The van der Waals surface area contributed by atoms with E-state index in [1.54, 1.807) is 4.90 Å². The fourth-order valence-corrected chi connectivity index (χ4v) is 5.33. The van der Waals surface area contributed by atoms with Crippen molar-refractivity contribution >= 4 is 23.3 Å². The summed E-state index contributed by atoms with van der Waals surface area (Å²) in [6.45, 7) is 4.98. The maximum Gasteiger partial charge on any atom is 0.409 e. The molecule has 2 aliphatic heterocycles. The van der Waals surface area contributed by atoms with Gasteiger partial charge in [0.1, 0.15) is 0 Å². The van der Waals surface area contributed by atoms with Gasteiger partial charge in [0.05, 0.1) is 13.2 Å². The second-order valence-corrected chi connectivity index (χ2v) is 8.83. The number of likely N-dealkylation sites (tertiary alicyclic amines) is 1. The van der Waals surface area contributed by atoms with Crippen molar-refractivity contribution in [3.63, 3.8) is 0 Å². The van der Waals surface area contributed by atoms with E-state index in [2.05, 4.69) is 21.7 Å². The van der Waals surface area contributed by atoms with Crippen molar-refractivity contribution in [1.82, 2.24) is 15.1 Å². The molecule has 2 fully saturated rings. The van der Waals surface area contributed by atoms with Crippen LogP contribution in [-0.2, 0) is 16.0 Å². The molecule has 27 heavy (non-hydrogen) atoms. The Morgan fingerprint density at radius 1 is 1.22 bits per heavy atom. The Morgan fingerprint density at radius 3 is 2.70 bits per heavy atom. The average Bonchev–Trinajstić information content (AvgIpc) is 3.38. The molecule has 6 nitrogen and oxygen atoms in total. The van der Waals surface area contributed by atoms with Crippen LogP contribution in [0.1, 0.15) is 49.1 Å². The third-order valence-electron chi connectivity index (χ3n) is 5.92. The van der Waals surface area contributed by atoms with Crippen molar-refractivity contribution < 1.29 is 14.3 Å². The van der Waals surface area contributed by atoms with Crippen LogP contribution in [0.2, 0.25) is 0 Å². The number of fused-ring (bicyclic) bond motifs is 1. The third-order valence-corrected chi connectivity index (χ3v) is 6.92. The zero-order valence-electron chi connectivity index (χ0n) is 16.0. The quantitative estimate of drug-likeness (QED) is 0.838. The van der Waals surface area contributed by atoms with Gasteiger partial charge in [-0.05, 0) is 62.0 Å². The molecule has 0 spiro atoms. The van der Waals surface area contributed by atoms with E-state index in [0.29, 0.717) is 32.3 Å². The maximum atomic E-state index is 12.7. The topological polar surface area (TPSA) is 61.9 Å². The number of carbonyl (C=O) groups excluding carboxylic acids is 2. The van der Waals surface area contributed by atoms with Crippen LogP contribution >= 0.6 is 11.3 Å². The van der Waals surface area contributed by atoms with Gasteiger partial charge >= 0.3 is 6.09 Å². The summed E-state index contributed by atoms with van der Waals surface area (Å²) in [7, 11) is 0. The molecule has 0 unspecified atom stereocenters. The lowest BCUT2D eigenvalue weighted by Gasteiger charge is -2.36. The molecule has 148 valence electrons. The standard InChI is InChI=1S/C20H29N3O3S/c1-2-26-20(25)22-9-5-15(6-10-22)21-18(24)13-23-11-7-17-16(8-12-27-17)19(23)14-3-4-14/h8,12,14-15,19H,2-7,9-11,13H2,1H3,(H,21,24)/t19-/m1/s1. The second kappa shape index (κ2) is 8.19. The summed E-state index contributed by atoms with van der Waals surface area (Å²) in [5.74, 6) is 0.841. The lowest BCUT2D eigenvalue weighted by atomic mass is 9.96. The van der Waals surface area contributed by atoms with Crippen molar-refractivity contribution in [2.45, 2.75) is 51.1 Å². The molecular formula is C20H29N3O3S. The van der Waals surface area contributed by atoms with Crippen LogP contribution in [0.15, 0.2) is 11.4 Å². The summed E-state index contributed by atoms with van der Waals surface area (Å²) in [6.07, 6.45) is 4.97. The SMILES string of the molecule is CCOC(=O)N1CCC(NC(=O)CN2CCc3sccc3[C@H]2C2CC2)CC1. The Kier molecular flexibility index (Phi) is 5.68. The third kappa shape index (κ3) is 4.29. The average molecular weight is 392 g/mol. The highest BCUT2D eigenvalue weighted by atomic mass is 32.1. The molecule has 3 aliphatic rings. The number of amides is 2. The van der Waals surface area contributed by atoms with Crippen LogP contribution in [0.3, 0.4) is 0 Å². The van der Waals surface area contributed by atoms with E-state index in [4.69, 9.17) is 4.74 Å². The van der Waals surface area contributed by atoms with Gasteiger partial charge in [-0.15, -0.1) is 11.3 Å². The molecule has 1 aromatic rings. The predicted octanol–water partition coefficient (Wildman–Crippen LogP) is 2.79. The van der Waals surface area contributed by atoms with Crippen LogP contribution in [-0.4, -0.2) is 60.6 Å². The molecule has 1 saturated carbocycles. The Hall–Kier alpha value is -1.60. The molecule has 4 rings (SSSR count). The number of rotatable bonds is 5. The summed E-state index contributed by atoms with van der Waals surface area (Å²) in [5.41, 5.74) is 1.46. The Labute approximate surface area is 164 Å². The first-order valence-electron chi connectivity index (χ1n) is 10.2. The predicted molar refractivity (Wildman–Crippen MR) is 105 cm³/mol. The van der Waals surface area contributed by atoms with Crippen molar-refractivity contribution in [2.75, 3.05) is 32.8 Å². The number of hydrogen-bond acceptors (Lipinski definition) is 5. The zero-order chi connectivity index (χ0) is 18.8. The van der Waals surface area contributed by atoms with Crippen molar-refractivity contribution in [3.8, 4) is 0 Å². The van der Waals surface area contributed by atoms with Gasteiger partial charge in [0.2, 0.25) is 5.91 Å². The van der Waals surface area contributed by atoms with Gasteiger partial charge in [-0.2, -0.15) is 0 Å². The fraction of sp³-hybridized carbons (Fsp3) is 0.700. The number of carbonyl (C=O) groups is 2. The summed E-state index contributed by atoms with van der Waals surface area (Å²) in [6, 6.07) is 2.85. The van der Waals surface area contributed by atoms with Crippen molar-refractivity contribution in [3.05, 3.63) is 21.9 Å². The highest BCUT2D eigenvalue weighted by molar-refractivity contribution is 7.10. The molecule has 7 heteroatoms. The number of nitrogens with one attached hydrogen (secondary N) is 1. The Morgan fingerprint density at radius 2 is 2.00 bits per heavy atom. The number of ether oxygens (including phenoxy) is 1. The molecule has 3 heterocycles. The van der Waals surface area contributed by atoms with E-state index in [0.717, 1.165) is 31.7 Å². The highest BCUT2D eigenvalue weighted by Gasteiger charge is 2.40. The van der Waals surface area contributed by atoms with Crippen LogP contribution < -0.4 is 5.32 Å². The molecule has 1 aliphatic carbocycles. The van der Waals surface area contributed by atoms with Gasteiger partial charge in [0.15, 0.2) is 0 Å². The molecular weight excluding hydrogens is 362 g/mol. The van der Waals surface area contributed by atoms with E-state index in [-0.39, 0.29) is 18.0 Å². The van der Waals surface area contributed by atoms with E-state index in [9.17, 15) is 9.59 Å². The van der Waals surface area contributed by atoms with Gasteiger partial charge in [0, 0.05) is 36.6 Å². The minimum atomic E-state index is -0.241. The van der Waals surface area contributed by atoms with Crippen LogP contribution in [0, 0.1) is 5.92 Å². The number of thiophene rings is 1. The van der Waals surface area contributed by atoms with Gasteiger partial charge in [0.25, 0.3) is 0 Å². The minimum Gasteiger partial charge on any atom is -0.450 e. The normalized spacial score (nSPS) is 23.7. The van der Waals surface area contributed by atoms with E-state index in [1.807, 2.05) is 18.3 Å². The Bertz CT molecular complexity index is 680.